The van der Waals surface area contributed by atoms with Gasteiger partial charge in [-0.25, -0.2) is 17.6 Å². The SMILES string of the molecule is Fc1ccccc1C=Nc1ccc(Cc2ccc(N=Cc3ccccc3F)c(F)c2)cc1F. The second-order valence-electron chi connectivity index (χ2n) is 7.31. The molecule has 0 fully saturated rings. The van der Waals surface area contributed by atoms with Crippen LogP contribution in [-0.2, 0) is 6.42 Å². The fourth-order valence-electron chi connectivity index (χ4n) is 3.20. The number of aliphatic imine (C=N–C) groups is 2. The highest BCUT2D eigenvalue weighted by atomic mass is 19.1. The number of halogens is 4. The summed E-state index contributed by atoms with van der Waals surface area (Å²) in [6.07, 6.45) is 2.83. The summed E-state index contributed by atoms with van der Waals surface area (Å²) >= 11 is 0. The van der Waals surface area contributed by atoms with E-state index in [1.165, 1.54) is 48.8 Å². The quantitative estimate of drug-likeness (QED) is 0.219. The molecular weight excluding hydrogens is 428 g/mol. The van der Waals surface area contributed by atoms with Gasteiger partial charge in [0.25, 0.3) is 0 Å². The summed E-state index contributed by atoms with van der Waals surface area (Å²) in [6, 6.07) is 21.1. The van der Waals surface area contributed by atoms with Crippen molar-refractivity contribution >= 4 is 23.8 Å². The highest BCUT2D eigenvalue weighted by Crippen LogP contribution is 2.24. The van der Waals surface area contributed by atoms with Gasteiger partial charge in [-0.3, -0.25) is 9.98 Å². The topological polar surface area (TPSA) is 24.7 Å². The summed E-state index contributed by atoms with van der Waals surface area (Å²) in [5.74, 6) is -2.01. The first kappa shape index (κ1) is 22.1. The minimum atomic E-state index is -0.563. The van der Waals surface area contributed by atoms with Crippen LogP contribution in [0.1, 0.15) is 22.3 Å². The van der Waals surface area contributed by atoms with E-state index in [1.54, 1.807) is 48.5 Å². The lowest BCUT2D eigenvalue weighted by atomic mass is 10.0. The van der Waals surface area contributed by atoms with Crippen LogP contribution in [0.15, 0.2) is 94.9 Å². The Hall–Kier alpha value is -4.06. The molecule has 0 N–H and O–H groups in total. The average Bonchev–Trinajstić information content (AvgIpc) is 2.80. The van der Waals surface area contributed by atoms with Crippen LogP contribution in [0.25, 0.3) is 0 Å². The Morgan fingerprint density at radius 2 is 0.939 bits per heavy atom. The van der Waals surface area contributed by atoms with Crippen LogP contribution in [0.4, 0.5) is 28.9 Å². The van der Waals surface area contributed by atoms with Gasteiger partial charge in [0, 0.05) is 23.6 Å². The zero-order valence-corrected chi connectivity index (χ0v) is 17.4. The van der Waals surface area contributed by atoms with E-state index >= 15 is 0 Å². The molecule has 0 unspecified atom stereocenters. The molecular formula is C27H18F4N2. The van der Waals surface area contributed by atoms with E-state index in [2.05, 4.69) is 9.98 Å². The Balaban J connectivity index is 1.47. The van der Waals surface area contributed by atoms with E-state index in [0.717, 1.165) is 0 Å². The van der Waals surface area contributed by atoms with Crippen LogP contribution < -0.4 is 0 Å². The van der Waals surface area contributed by atoms with Crippen molar-refractivity contribution in [2.45, 2.75) is 6.42 Å². The summed E-state index contributed by atoms with van der Waals surface area (Å²) in [5.41, 5.74) is 1.92. The lowest BCUT2D eigenvalue weighted by Crippen LogP contribution is -1.92. The average molecular weight is 446 g/mol. The highest BCUT2D eigenvalue weighted by Gasteiger charge is 2.07. The third kappa shape index (κ3) is 5.60. The lowest BCUT2D eigenvalue weighted by Gasteiger charge is -2.06. The van der Waals surface area contributed by atoms with Crippen molar-refractivity contribution in [3.63, 3.8) is 0 Å². The molecule has 0 radical (unpaired) electrons. The summed E-state index contributed by atoms with van der Waals surface area (Å²) in [4.78, 5) is 8.04. The Morgan fingerprint density at radius 1 is 0.515 bits per heavy atom. The molecule has 0 aliphatic rings. The van der Waals surface area contributed by atoms with Gasteiger partial charge < -0.3 is 0 Å². The van der Waals surface area contributed by atoms with Crippen LogP contribution in [0.3, 0.4) is 0 Å². The third-order valence-electron chi connectivity index (χ3n) is 4.93. The van der Waals surface area contributed by atoms with E-state index in [0.29, 0.717) is 17.5 Å². The molecule has 0 aliphatic carbocycles. The molecule has 0 saturated carbocycles. The first-order valence-corrected chi connectivity index (χ1v) is 10.1. The number of nitrogens with zero attached hydrogens (tertiary/aromatic N) is 2. The first-order chi connectivity index (χ1) is 16.0. The number of hydrogen-bond acceptors (Lipinski definition) is 2. The molecule has 0 spiro atoms. The second-order valence-corrected chi connectivity index (χ2v) is 7.31. The van der Waals surface area contributed by atoms with Gasteiger partial charge in [-0.05, 0) is 53.9 Å². The van der Waals surface area contributed by atoms with Crippen molar-refractivity contribution in [1.82, 2.24) is 0 Å². The zero-order chi connectivity index (χ0) is 23.2. The van der Waals surface area contributed by atoms with Gasteiger partial charge >= 0.3 is 0 Å². The molecule has 0 saturated heterocycles. The normalized spacial score (nSPS) is 11.5. The van der Waals surface area contributed by atoms with Crippen molar-refractivity contribution < 1.29 is 17.6 Å². The number of benzene rings is 4. The highest BCUT2D eigenvalue weighted by molar-refractivity contribution is 5.82. The molecule has 4 rings (SSSR count). The molecule has 0 aliphatic heterocycles. The molecule has 0 amide bonds. The van der Waals surface area contributed by atoms with Crippen molar-refractivity contribution in [1.29, 1.82) is 0 Å². The Labute approximate surface area is 188 Å². The summed E-state index contributed by atoms with van der Waals surface area (Å²) < 4.78 is 56.3. The van der Waals surface area contributed by atoms with Crippen LogP contribution in [0, 0.1) is 23.3 Å². The Bertz CT molecular complexity index is 1240. The van der Waals surface area contributed by atoms with E-state index in [4.69, 9.17) is 0 Å². The van der Waals surface area contributed by atoms with E-state index in [9.17, 15) is 17.6 Å². The van der Waals surface area contributed by atoms with Gasteiger partial charge in [0.1, 0.15) is 23.3 Å². The Kier molecular flexibility index (Phi) is 6.74. The fourth-order valence-corrected chi connectivity index (χ4v) is 3.20. The predicted octanol–water partition coefficient (Wildman–Crippen LogP) is 7.34. The van der Waals surface area contributed by atoms with Gasteiger partial charge in [0.05, 0.1) is 11.4 Å². The summed E-state index contributed by atoms with van der Waals surface area (Å²) in [7, 11) is 0. The van der Waals surface area contributed by atoms with Crippen molar-refractivity contribution in [3.8, 4) is 0 Å². The molecule has 2 nitrogen and oxygen atoms in total. The van der Waals surface area contributed by atoms with Crippen LogP contribution in [0.2, 0.25) is 0 Å². The Morgan fingerprint density at radius 3 is 1.33 bits per heavy atom. The predicted molar refractivity (Wildman–Crippen MR) is 123 cm³/mol. The minimum absolute atomic E-state index is 0.0750. The van der Waals surface area contributed by atoms with Crippen molar-refractivity contribution in [2.75, 3.05) is 0 Å². The molecule has 4 aromatic rings. The number of rotatable bonds is 6. The molecule has 0 heterocycles. The monoisotopic (exact) mass is 446 g/mol. The number of hydrogen-bond donors (Lipinski definition) is 0. The van der Waals surface area contributed by atoms with E-state index in [1.807, 2.05) is 0 Å². The standard InChI is InChI=1S/C27H18F4N2/c28-22-7-3-1-5-20(22)16-32-26-11-9-18(14-24(26)30)13-19-10-12-27(25(31)15-19)33-17-21-6-2-4-8-23(21)29/h1-12,14-17H,13H2. The largest absolute Gasteiger partial charge is 0.253 e. The minimum Gasteiger partial charge on any atom is -0.253 e. The van der Waals surface area contributed by atoms with Crippen molar-refractivity contribution in [2.24, 2.45) is 9.98 Å². The lowest BCUT2D eigenvalue weighted by molar-refractivity contribution is 0.623. The summed E-state index contributed by atoms with van der Waals surface area (Å²) in [5, 5.41) is 0. The fraction of sp³-hybridized carbons (Fsp3) is 0.0370. The van der Waals surface area contributed by atoms with Gasteiger partial charge in [-0.15, -0.1) is 0 Å². The molecule has 164 valence electrons. The molecule has 0 bridgehead atoms. The maximum atomic E-state index is 14.5. The van der Waals surface area contributed by atoms with Crippen LogP contribution in [0.5, 0.6) is 0 Å². The maximum Gasteiger partial charge on any atom is 0.149 e. The molecule has 6 heteroatoms. The first-order valence-electron chi connectivity index (χ1n) is 10.1. The molecule has 0 aromatic heterocycles. The van der Waals surface area contributed by atoms with Crippen molar-refractivity contribution in [3.05, 3.63) is 130 Å². The van der Waals surface area contributed by atoms with E-state index < -0.39 is 23.3 Å². The van der Waals surface area contributed by atoms with Gasteiger partial charge in [0.2, 0.25) is 0 Å². The van der Waals surface area contributed by atoms with Gasteiger partial charge in [-0.2, -0.15) is 0 Å². The maximum absolute atomic E-state index is 14.5. The van der Waals surface area contributed by atoms with Gasteiger partial charge in [0.15, 0.2) is 0 Å². The second kappa shape index (κ2) is 10.0. The smallest absolute Gasteiger partial charge is 0.149 e. The molecule has 4 aromatic carbocycles. The van der Waals surface area contributed by atoms with Gasteiger partial charge in [-0.1, -0.05) is 48.5 Å². The zero-order valence-electron chi connectivity index (χ0n) is 17.4. The van der Waals surface area contributed by atoms with Crippen LogP contribution >= 0.6 is 0 Å². The molecule has 0 atom stereocenters. The molecule has 33 heavy (non-hydrogen) atoms. The summed E-state index contributed by atoms with van der Waals surface area (Å²) in [6.45, 7) is 0. The van der Waals surface area contributed by atoms with Crippen LogP contribution in [-0.4, -0.2) is 12.4 Å². The third-order valence-corrected chi connectivity index (χ3v) is 4.93. The van der Waals surface area contributed by atoms with E-state index in [-0.39, 0.29) is 22.5 Å².